The minimum Gasteiger partial charge on any atom is -0.324 e. The minimum absolute atomic E-state index is 0.147. The first-order valence-electron chi connectivity index (χ1n) is 8.94. The number of aromatic nitrogens is 3. The largest absolute Gasteiger partial charge is 0.324 e. The molecule has 0 saturated heterocycles. The molecular weight excluding hydrogens is 360 g/mol. The van der Waals surface area contributed by atoms with Crippen molar-refractivity contribution in [2.24, 2.45) is 0 Å². The van der Waals surface area contributed by atoms with Gasteiger partial charge in [0.1, 0.15) is 11.6 Å². The van der Waals surface area contributed by atoms with Crippen molar-refractivity contribution in [1.82, 2.24) is 15.0 Å². The number of anilines is 2. The lowest BCUT2D eigenvalue weighted by molar-refractivity contribution is -0.116. The molecule has 0 amide bonds. The molecule has 1 aliphatic carbocycles. The van der Waals surface area contributed by atoms with Crippen LogP contribution in [-0.2, 0) is 11.2 Å². The molecule has 1 heterocycles. The lowest BCUT2D eigenvalue weighted by atomic mass is 10.1. The third kappa shape index (κ3) is 4.49. The van der Waals surface area contributed by atoms with Crippen molar-refractivity contribution < 1.29 is 4.79 Å². The number of hydrogen-bond acceptors (Lipinski definition) is 5. The predicted molar refractivity (Wildman–Crippen MR) is 106 cm³/mol. The Morgan fingerprint density at radius 2 is 1.89 bits per heavy atom. The topological polar surface area (TPSA) is 67.8 Å². The number of halogens is 1. The van der Waals surface area contributed by atoms with Gasteiger partial charge in [0.2, 0.25) is 5.95 Å². The second-order valence-electron chi connectivity index (χ2n) is 6.83. The van der Waals surface area contributed by atoms with Gasteiger partial charge in [0.25, 0.3) is 0 Å². The highest BCUT2D eigenvalue weighted by atomic mass is 35.5. The van der Waals surface area contributed by atoms with Crippen LogP contribution in [0.15, 0.2) is 48.5 Å². The third-order valence-corrected chi connectivity index (χ3v) is 4.58. The summed E-state index contributed by atoms with van der Waals surface area (Å²) in [5, 5.41) is 3.90. The van der Waals surface area contributed by atoms with E-state index in [0.29, 0.717) is 29.1 Å². The molecule has 6 heteroatoms. The molecule has 27 heavy (non-hydrogen) atoms. The summed E-state index contributed by atoms with van der Waals surface area (Å²) in [6, 6.07) is 15.2. The molecule has 0 spiro atoms. The van der Waals surface area contributed by atoms with Crippen molar-refractivity contribution in [2.45, 2.75) is 32.1 Å². The molecule has 2 aromatic carbocycles. The summed E-state index contributed by atoms with van der Waals surface area (Å²) in [6.45, 7) is 1.59. The summed E-state index contributed by atoms with van der Waals surface area (Å²) in [5.41, 5.74) is 2.72. The molecular formula is C21H19ClN4O. The Labute approximate surface area is 162 Å². The molecule has 1 aromatic heterocycles. The van der Waals surface area contributed by atoms with E-state index >= 15 is 0 Å². The van der Waals surface area contributed by atoms with Crippen molar-refractivity contribution in [1.29, 1.82) is 0 Å². The van der Waals surface area contributed by atoms with E-state index in [9.17, 15) is 4.79 Å². The van der Waals surface area contributed by atoms with Crippen LogP contribution in [0.3, 0.4) is 0 Å². The van der Waals surface area contributed by atoms with Crippen LogP contribution in [0.4, 0.5) is 11.6 Å². The summed E-state index contributed by atoms with van der Waals surface area (Å²) < 4.78 is 0. The van der Waals surface area contributed by atoms with Crippen LogP contribution in [0, 0.1) is 0 Å². The van der Waals surface area contributed by atoms with Gasteiger partial charge in [0.05, 0.1) is 0 Å². The average Bonchev–Trinajstić information content (AvgIpc) is 3.48. The number of Topliss-reactive ketones (excluding diaryl/α,β-unsaturated/α-hetero) is 1. The quantitative estimate of drug-likeness (QED) is 0.657. The fraction of sp³-hybridized carbons (Fsp3) is 0.238. The molecule has 1 N–H and O–H groups in total. The molecule has 5 nitrogen and oxygen atoms in total. The summed E-state index contributed by atoms with van der Waals surface area (Å²) in [6.07, 6.45) is 2.66. The maximum absolute atomic E-state index is 11.2. The minimum atomic E-state index is 0.147. The highest BCUT2D eigenvalue weighted by molar-refractivity contribution is 6.30. The number of nitrogens with zero attached hydrogens (tertiary/aromatic N) is 3. The summed E-state index contributed by atoms with van der Waals surface area (Å²) in [7, 11) is 0. The Balaban J connectivity index is 1.63. The van der Waals surface area contributed by atoms with Crippen LogP contribution in [-0.4, -0.2) is 20.7 Å². The molecule has 0 aliphatic heterocycles. The number of carbonyl (C=O) groups excluding carboxylic acids is 1. The maximum atomic E-state index is 11.2. The van der Waals surface area contributed by atoms with Gasteiger partial charge in [0.15, 0.2) is 5.82 Å². The molecule has 0 radical (unpaired) electrons. The first kappa shape index (κ1) is 17.6. The van der Waals surface area contributed by atoms with Crippen LogP contribution in [0.25, 0.3) is 11.4 Å². The zero-order valence-electron chi connectivity index (χ0n) is 14.9. The number of rotatable bonds is 6. The standard InChI is InChI=1S/C21H19ClN4O/c1-13(27)11-14-5-9-18(10-6-14)23-21-25-19(15-7-8-15)24-20(26-21)16-3-2-4-17(22)12-16/h2-6,9-10,12,15H,7-8,11H2,1H3,(H,23,24,25,26). The van der Waals surface area contributed by atoms with E-state index in [-0.39, 0.29) is 5.78 Å². The van der Waals surface area contributed by atoms with Gasteiger partial charge in [-0.1, -0.05) is 35.9 Å². The first-order valence-corrected chi connectivity index (χ1v) is 9.32. The van der Waals surface area contributed by atoms with E-state index in [1.165, 1.54) is 0 Å². The van der Waals surface area contributed by atoms with Crippen LogP contribution in [0.2, 0.25) is 5.02 Å². The number of hydrogen-bond donors (Lipinski definition) is 1. The fourth-order valence-corrected chi connectivity index (χ4v) is 3.04. The molecule has 3 aromatic rings. The predicted octanol–water partition coefficient (Wildman–Crippen LogP) is 4.94. The van der Waals surface area contributed by atoms with E-state index in [1.807, 2.05) is 48.5 Å². The fourth-order valence-electron chi connectivity index (χ4n) is 2.85. The zero-order valence-corrected chi connectivity index (χ0v) is 15.7. The Morgan fingerprint density at radius 3 is 2.56 bits per heavy atom. The number of carbonyl (C=O) groups is 1. The van der Waals surface area contributed by atoms with Gasteiger partial charge in [0, 0.05) is 28.6 Å². The van der Waals surface area contributed by atoms with Gasteiger partial charge in [-0.25, -0.2) is 4.98 Å². The van der Waals surface area contributed by atoms with Gasteiger partial charge in [-0.2, -0.15) is 9.97 Å². The molecule has 0 atom stereocenters. The highest BCUT2D eigenvalue weighted by Crippen LogP contribution is 2.39. The van der Waals surface area contributed by atoms with Crippen molar-refractivity contribution in [3.05, 3.63) is 64.9 Å². The monoisotopic (exact) mass is 378 g/mol. The molecule has 0 bridgehead atoms. The van der Waals surface area contributed by atoms with Gasteiger partial charge in [-0.3, -0.25) is 4.79 Å². The third-order valence-electron chi connectivity index (χ3n) is 4.34. The van der Waals surface area contributed by atoms with Crippen molar-refractivity contribution >= 4 is 29.0 Å². The van der Waals surface area contributed by atoms with Crippen LogP contribution >= 0.6 is 11.6 Å². The average molecular weight is 379 g/mol. The normalized spacial score (nSPS) is 13.4. The Bertz CT molecular complexity index is 984. The van der Waals surface area contributed by atoms with Gasteiger partial charge in [-0.05, 0) is 49.6 Å². The SMILES string of the molecule is CC(=O)Cc1ccc(Nc2nc(-c3cccc(Cl)c3)nc(C3CC3)n2)cc1. The lowest BCUT2D eigenvalue weighted by Gasteiger charge is -2.10. The molecule has 1 saturated carbocycles. The van der Waals surface area contributed by atoms with Crippen LogP contribution in [0.1, 0.15) is 37.1 Å². The number of ketones is 1. The maximum Gasteiger partial charge on any atom is 0.231 e. The Hall–Kier alpha value is -2.79. The zero-order chi connectivity index (χ0) is 18.8. The van der Waals surface area contributed by atoms with E-state index < -0.39 is 0 Å². The second kappa shape index (κ2) is 7.45. The van der Waals surface area contributed by atoms with E-state index in [2.05, 4.69) is 20.3 Å². The summed E-state index contributed by atoms with van der Waals surface area (Å²) >= 11 is 6.12. The Kier molecular flexibility index (Phi) is 4.86. The van der Waals surface area contributed by atoms with E-state index in [1.54, 1.807) is 6.92 Å². The van der Waals surface area contributed by atoms with Crippen LogP contribution in [0.5, 0.6) is 0 Å². The summed E-state index contributed by atoms with van der Waals surface area (Å²) in [5.74, 6) is 2.50. The highest BCUT2D eigenvalue weighted by Gasteiger charge is 2.28. The smallest absolute Gasteiger partial charge is 0.231 e. The molecule has 4 rings (SSSR count). The molecule has 1 aliphatic rings. The molecule has 0 unspecified atom stereocenters. The second-order valence-corrected chi connectivity index (χ2v) is 7.26. The number of nitrogens with one attached hydrogen (secondary N) is 1. The van der Waals surface area contributed by atoms with E-state index in [4.69, 9.17) is 11.6 Å². The van der Waals surface area contributed by atoms with Gasteiger partial charge >= 0.3 is 0 Å². The van der Waals surface area contributed by atoms with E-state index in [0.717, 1.165) is 35.5 Å². The molecule has 136 valence electrons. The summed E-state index contributed by atoms with van der Waals surface area (Å²) in [4.78, 5) is 25.0. The van der Waals surface area contributed by atoms with Crippen LogP contribution < -0.4 is 5.32 Å². The van der Waals surface area contributed by atoms with Crippen molar-refractivity contribution in [2.75, 3.05) is 5.32 Å². The van der Waals surface area contributed by atoms with Crippen molar-refractivity contribution in [3.63, 3.8) is 0 Å². The van der Waals surface area contributed by atoms with Gasteiger partial charge in [-0.15, -0.1) is 0 Å². The first-order chi connectivity index (χ1) is 13.1. The lowest BCUT2D eigenvalue weighted by Crippen LogP contribution is -2.05. The van der Waals surface area contributed by atoms with Crippen molar-refractivity contribution in [3.8, 4) is 11.4 Å². The number of benzene rings is 2. The Morgan fingerprint density at radius 1 is 1.11 bits per heavy atom. The van der Waals surface area contributed by atoms with Gasteiger partial charge < -0.3 is 5.32 Å². The molecule has 1 fully saturated rings.